The van der Waals surface area contributed by atoms with E-state index in [1.54, 1.807) is 7.11 Å². The van der Waals surface area contributed by atoms with Crippen molar-refractivity contribution in [1.29, 1.82) is 0 Å². The zero-order valence-electron chi connectivity index (χ0n) is 13.2. The largest absolute Gasteiger partial charge is 0.493 e. The van der Waals surface area contributed by atoms with Crippen LogP contribution in [0.1, 0.15) is 17.5 Å². The van der Waals surface area contributed by atoms with E-state index in [0.717, 1.165) is 30.6 Å². The summed E-state index contributed by atoms with van der Waals surface area (Å²) in [6.45, 7) is 2.18. The third-order valence-corrected chi connectivity index (χ3v) is 3.63. The number of benzene rings is 2. The molecule has 0 saturated heterocycles. The van der Waals surface area contributed by atoms with Gasteiger partial charge in [-0.1, -0.05) is 29.8 Å². The van der Waals surface area contributed by atoms with Gasteiger partial charge < -0.3 is 19.9 Å². The van der Waals surface area contributed by atoms with E-state index in [0.29, 0.717) is 23.1 Å². The van der Waals surface area contributed by atoms with E-state index < -0.39 is 0 Å². The number of rotatable bonds is 9. The van der Waals surface area contributed by atoms with Crippen LogP contribution in [-0.4, -0.2) is 25.4 Å². The molecule has 0 aliphatic carbocycles. The van der Waals surface area contributed by atoms with Crippen molar-refractivity contribution in [2.45, 2.75) is 19.6 Å². The maximum Gasteiger partial charge on any atom is 0.161 e. The van der Waals surface area contributed by atoms with Gasteiger partial charge in [0.25, 0.3) is 0 Å². The average molecular weight is 336 g/mol. The fourth-order valence-corrected chi connectivity index (χ4v) is 2.25. The van der Waals surface area contributed by atoms with Gasteiger partial charge in [-0.2, -0.15) is 0 Å². The first-order chi connectivity index (χ1) is 11.2. The predicted octanol–water partition coefficient (Wildman–Crippen LogP) is 3.40. The number of aliphatic hydroxyl groups excluding tert-OH is 1. The van der Waals surface area contributed by atoms with E-state index in [9.17, 15) is 0 Å². The molecule has 0 heterocycles. The van der Waals surface area contributed by atoms with Gasteiger partial charge in [-0.05, 0) is 48.4 Å². The number of ether oxygens (including phenoxy) is 2. The molecule has 2 aromatic rings. The maximum absolute atomic E-state index is 8.77. The molecule has 0 atom stereocenters. The molecule has 2 aromatic carbocycles. The number of nitrogens with one attached hydrogen (secondary N) is 1. The summed E-state index contributed by atoms with van der Waals surface area (Å²) in [4.78, 5) is 0. The van der Waals surface area contributed by atoms with Gasteiger partial charge >= 0.3 is 0 Å². The highest BCUT2D eigenvalue weighted by Crippen LogP contribution is 2.29. The minimum absolute atomic E-state index is 0.202. The molecule has 0 radical (unpaired) electrons. The van der Waals surface area contributed by atoms with E-state index in [1.807, 2.05) is 42.5 Å². The second-order valence-electron chi connectivity index (χ2n) is 5.15. The zero-order valence-corrected chi connectivity index (χ0v) is 14.0. The highest BCUT2D eigenvalue weighted by Gasteiger charge is 2.06. The SMILES string of the molecule is COc1cc(CNCCCO)ccc1OCc1ccc(Cl)cc1. The summed E-state index contributed by atoms with van der Waals surface area (Å²) in [5.74, 6) is 1.42. The van der Waals surface area contributed by atoms with E-state index in [2.05, 4.69) is 5.32 Å². The van der Waals surface area contributed by atoms with Crippen molar-refractivity contribution in [3.8, 4) is 11.5 Å². The normalized spacial score (nSPS) is 10.6. The van der Waals surface area contributed by atoms with Crippen LogP contribution in [0.25, 0.3) is 0 Å². The lowest BCUT2D eigenvalue weighted by Crippen LogP contribution is -2.15. The molecule has 2 rings (SSSR count). The second-order valence-corrected chi connectivity index (χ2v) is 5.59. The Morgan fingerprint density at radius 3 is 2.48 bits per heavy atom. The summed E-state index contributed by atoms with van der Waals surface area (Å²) in [5, 5.41) is 12.7. The molecule has 0 saturated carbocycles. The van der Waals surface area contributed by atoms with E-state index in [-0.39, 0.29) is 6.61 Å². The number of methoxy groups -OCH3 is 1. The number of hydrogen-bond acceptors (Lipinski definition) is 4. The lowest BCUT2D eigenvalue weighted by atomic mass is 10.2. The van der Waals surface area contributed by atoms with Gasteiger partial charge in [0.1, 0.15) is 6.61 Å². The molecular formula is C18H22ClNO3. The molecule has 124 valence electrons. The van der Waals surface area contributed by atoms with Gasteiger partial charge in [0.05, 0.1) is 7.11 Å². The fraction of sp³-hybridized carbons (Fsp3) is 0.333. The van der Waals surface area contributed by atoms with Crippen LogP contribution in [0.2, 0.25) is 5.02 Å². The van der Waals surface area contributed by atoms with E-state index in [4.69, 9.17) is 26.2 Å². The van der Waals surface area contributed by atoms with Crippen molar-refractivity contribution in [2.75, 3.05) is 20.3 Å². The Hall–Kier alpha value is -1.75. The van der Waals surface area contributed by atoms with Crippen LogP contribution < -0.4 is 14.8 Å². The Labute approximate surface area is 142 Å². The highest BCUT2D eigenvalue weighted by molar-refractivity contribution is 6.30. The molecule has 0 aliphatic heterocycles. The van der Waals surface area contributed by atoms with Gasteiger partial charge in [-0.15, -0.1) is 0 Å². The highest BCUT2D eigenvalue weighted by atomic mass is 35.5. The minimum Gasteiger partial charge on any atom is -0.493 e. The molecule has 0 fully saturated rings. The summed E-state index contributed by atoms with van der Waals surface area (Å²) in [7, 11) is 1.63. The summed E-state index contributed by atoms with van der Waals surface area (Å²) in [6, 6.07) is 13.5. The first-order valence-corrected chi connectivity index (χ1v) is 7.96. The van der Waals surface area contributed by atoms with E-state index >= 15 is 0 Å². The average Bonchev–Trinajstić information content (AvgIpc) is 2.58. The zero-order chi connectivity index (χ0) is 16.5. The summed E-state index contributed by atoms with van der Waals surface area (Å²) >= 11 is 5.87. The first kappa shape index (κ1) is 17.6. The summed E-state index contributed by atoms with van der Waals surface area (Å²) in [5.41, 5.74) is 2.16. The minimum atomic E-state index is 0.202. The molecule has 0 spiro atoms. The van der Waals surface area contributed by atoms with Gasteiger partial charge in [-0.3, -0.25) is 0 Å². The third-order valence-electron chi connectivity index (χ3n) is 3.38. The van der Waals surface area contributed by atoms with Gasteiger partial charge in [-0.25, -0.2) is 0 Å². The lowest BCUT2D eigenvalue weighted by Gasteiger charge is -2.13. The number of aliphatic hydroxyl groups is 1. The number of halogens is 1. The van der Waals surface area contributed by atoms with Crippen LogP contribution in [0.15, 0.2) is 42.5 Å². The monoisotopic (exact) mass is 335 g/mol. The van der Waals surface area contributed by atoms with Crippen LogP contribution in [0.4, 0.5) is 0 Å². The molecule has 0 aromatic heterocycles. The molecule has 0 amide bonds. The van der Waals surface area contributed by atoms with Crippen LogP contribution in [0, 0.1) is 0 Å². The summed E-state index contributed by atoms with van der Waals surface area (Å²) in [6.07, 6.45) is 0.749. The third kappa shape index (κ3) is 5.75. The van der Waals surface area contributed by atoms with Crippen molar-refractivity contribution in [3.05, 3.63) is 58.6 Å². The molecule has 4 nitrogen and oxygen atoms in total. The molecule has 0 unspecified atom stereocenters. The molecule has 23 heavy (non-hydrogen) atoms. The Morgan fingerprint density at radius 1 is 1.04 bits per heavy atom. The molecule has 2 N–H and O–H groups in total. The van der Waals surface area contributed by atoms with Gasteiger partial charge in [0.2, 0.25) is 0 Å². The van der Waals surface area contributed by atoms with Crippen LogP contribution >= 0.6 is 11.6 Å². The van der Waals surface area contributed by atoms with E-state index in [1.165, 1.54) is 0 Å². The van der Waals surface area contributed by atoms with Crippen LogP contribution in [0.3, 0.4) is 0 Å². The van der Waals surface area contributed by atoms with Crippen molar-refractivity contribution in [1.82, 2.24) is 5.32 Å². The topological polar surface area (TPSA) is 50.7 Å². The van der Waals surface area contributed by atoms with Crippen LogP contribution in [0.5, 0.6) is 11.5 Å². The molecule has 5 heteroatoms. The smallest absolute Gasteiger partial charge is 0.161 e. The maximum atomic E-state index is 8.77. The number of hydrogen-bond donors (Lipinski definition) is 2. The standard InChI is InChI=1S/C18H22ClNO3/c1-22-18-11-15(12-20-9-2-10-21)5-8-17(18)23-13-14-3-6-16(19)7-4-14/h3-8,11,20-21H,2,9-10,12-13H2,1H3. The van der Waals surface area contributed by atoms with Crippen LogP contribution in [-0.2, 0) is 13.2 Å². The van der Waals surface area contributed by atoms with Crippen molar-refractivity contribution >= 4 is 11.6 Å². The van der Waals surface area contributed by atoms with Gasteiger partial charge in [0, 0.05) is 18.2 Å². The Kier molecular flexibility index (Phi) is 7.20. The Bertz CT molecular complexity index is 602. The molecular weight excluding hydrogens is 314 g/mol. The second kappa shape index (κ2) is 9.40. The Morgan fingerprint density at radius 2 is 1.78 bits per heavy atom. The summed E-state index contributed by atoms with van der Waals surface area (Å²) < 4.78 is 11.2. The van der Waals surface area contributed by atoms with Crippen molar-refractivity contribution in [3.63, 3.8) is 0 Å². The fourth-order valence-electron chi connectivity index (χ4n) is 2.12. The Balaban J connectivity index is 1.94. The molecule has 0 bridgehead atoms. The predicted molar refractivity (Wildman–Crippen MR) is 92.2 cm³/mol. The quantitative estimate of drug-likeness (QED) is 0.690. The molecule has 0 aliphatic rings. The lowest BCUT2D eigenvalue weighted by molar-refractivity contribution is 0.283. The van der Waals surface area contributed by atoms with Gasteiger partial charge in [0.15, 0.2) is 11.5 Å². The van der Waals surface area contributed by atoms with Crippen molar-refractivity contribution in [2.24, 2.45) is 0 Å². The van der Waals surface area contributed by atoms with Crippen molar-refractivity contribution < 1.29 is 14.6 Å². The first-order valence-electron chi connectivity index (χ1n) is 7.58.